The van der Waals surface area contributed by atoms with Crippen molar-refractivity contribution in [3.63, 3.8) is 0 Å². The lowest BCUT2D eigenvalue weighted by Crippen LogP contribution is -2.61. The second-order valence-electron chi connectivity index (χ2n) is 8.76. The van der Waals surface area contributed by atoms with Crippen LogP contribution in [0.2, 0.25) is 10.0 Å². The van der Waals surface area contributed by atoms with Crippen molar-refractivity contribution in [2.24, 2.45) is 5.92 Å². The molecule has 7 nitrogen and oxygen atoms in total. The Hall–Kier alpha value is -3.47. The van der Waals surface area contributed by atoms with Crippen molar-refractivity contribution < 1.29 is 32.2 Å². The lowest BCUT2D eigenvalue weighted by Gasteiger charge is -2.33. The van der Waals surface area contributed by atoms with Crippen molar-refractivity contribution >= 4 is 35.0 Å². The van der Waals surface area contributed by atoms with Gasteiger partial charge in [0.15, 0.2) is 0 Å². The van der Waals surface area contributed by atoms with E-state index in [1.807, 2.05) is 0 Å². The molecule has 2 atom stereocenters. The molecule has 2 amide bonds. The van der Waals surface area contributed by atoms with Gasteiger partial charge in [0.25, 0.3) is 0 Å². The summed E-state index contributed by atoms with van der Waals surface area (Å²) >= 11 is 12.2. The highest BCUT2D eigenvalue weighted by Gasteiger charge is 2.37. The van der Waals surface area contributed by atoms with Gasteiger partial charge in [0.05, 0.1) is 11.6 Å². The van der Waals surface area contributed by atoms with Crippen molar-refractivity contribution in [3.8, 4) is 17.2 Å². The summed E-state index contributed by atoms with van der Waals surface area (Å²) in [4.78, 5) is 26.0. The minimum Gasteiger partial charge on any atom is -0.490 e. The van der Waals surface area contributed by atoms with Gasteiger partial charge in [-0.2, -0.15) is 13.2 Å². The molecule has 2 unspecified atom stereocenters. The highest BCUT2D eigenvalue weighted by molar-refractivity contribution is 6.31. The van der Waals surface area contributed by atoms with Crippen molar-refractivity contribution in [1.29, 1.82) is 0 Å². The molecular weight excluding hydrogens is 546 g/mol. The van der Waals surface area contributed by atoms with Crippen LogP contribution in [0, 0.1) is 5.92 Å². The molecule has 0 saturated carbocycles. The molecule has 0 aliphatic carbocycles. The number of halogens is 5. The standard InChI is InChI=1S/C26H20Cl2F3N3O4/c27-14-3-7-17-20(9-14)38-21-10-15(28)4-8-18(21)23(17)34-25(36)19-11-32-22(33-24(19)35)12-37-16-5-1-13(2-6-16)26(29,30)31/h1-10,19,22-23,32H,11-12H2,(H,33,35)(H,34,36). The van der Waals surface area contributed by atoms with Crippen LogP contribution in [0.1, 0.15) is 22.7 Å². The summed E-state index contributed by atoms with van der Waals surface area (Å²) in [5.41, 5.74) is 0.554. The summed E-state index contributed by atoms with van der Waals surface area (Å²) in [5.74, 6) is -0.918. The van der Waals surface area contributed by atoms with Crippen LogP contribution in [0.3, 0.4) is 0 Å². The fourth-order valence-corrected chi connectivity index (χ4v) is 4.59. The maximum absolute atomic E-state index is 13.2. The van der Waals surface area contributed by atoms with Gasteiger partial charge in [-0.05, 0) is 48.5 Å². The van der Waals surface area contributed by atoms with Crippen LogP contribution >= 0.6 is 23.2 Å². The molecule has 0 radical (unpaired) electrons. The average Bonchev–Trinajstić information content (AvgIpc) is 2.86. The fourth-order valence-electron chi connectivity index (χ4n) is 4.26. The van der Waals surface area contributed by atoms with Crippen LogP contribution in [0.5, 0.6) is 17.2 Å². The van der Waals surface area contributed by atoms with E-state index in [4.69, 9.17) is 32.7 Å². The molecule has 1 saturated heterocycles. The van der Waals surface area contributed by atoms with Crippen LogP contribution in [-0.2, 0) is 15.8 Å². The average molecular weight is 566 g/mol. The summed E-state index contributed by atoms with van der Waals surface area (Å²) < 4.78 is 49.6. The number of ether oxygens (including phenoxy) is 2. The number of amides is 2. The molecule has 2 heterocycles. The predicted octanol–water partition coefficient (Wildman–Crippen LogP) is 5.06. The number of hydrogen-bond acceptors (Lipinski definition) is 5. The molecule has 3 N–H and O–H groups in total. The normalized spacial score (nSPS) is 19.0. The summed E-state index contributed by atoms with van der Waals surface area (Å²) in [6, 6.07) is 13.7. The second-order valence-corrected chi connectivity index (χ2v) is 9.64. The maximum Gasteiger partial charge on any atom is 0.416 e. The number of alkyl halides is 3. The van der Waals surface area contributed by atoms with Crippen LogP contribution in [-0.4, -0.2) is 31.1 Å². The Morgan fingerprint density at radius 1 is 1.00 bits per heavy atom. The molecule has 12 heteroatoms. The molecule has 3 aromatic rings. The molecule has 0 bridgehead atoms. The minimum atomic E-state index is -4.44. The van der Waals surface area contributed by atoms with Gasteiger partial charge in [0, 0.05) is 27.7 Å². The molecule has 38 heavy (non-hydrogen) atoms. The molecule has 198 valence electrons. The van der Waals surface area contributed by atoms with Crippen molar-refractivity contribution in [3.05, 3.63) is 87.4 Å². The molecule has 5 rings (SSSR count). The Morgan fingerprint density at radius 2 is 1.61 bits per heavy atom. The quantitative estimate of drug-likeness (QED) is 0.376. The zero-order chi connectivity index (χ0) is 27.0. The first-order valence-electron chi connectivity index (χ1n) is 11.5. The van der Waals surface area contributed by atoms with E-state index in [9.17, 15) is 22.8 Å². The zero-order valence-corrected chi connectivity index (χ0v) is 21.0. The molecule has 1 fully saturated rings. The lowest BCUT2D eigenvalue weighted by molar-refractivity contribution is -0.139. The zero-order valence-electron chi connectivity index (χ0n) is 19.4. The Bertz CT molecular complexity index is 1330. The molecular formula is C26H20Cl2F3N3O4. The SMILES string of the molecule is O=C1NC(COc2ccc(C(F)(F)F)cc2)NCC1C(=O)NC1c2ccc(Cl)cc2Oc2cc(Cl)ccc21. The highest BCUT2D eigenvalue weighted by Crippen LogP contribution is 2.44. The number of fused-ring (bicyclic) bond motifs is 2. The van der Waals surface area contributed by atoms with Gasteiger partial charge in [0.1, 0.15) is 35.9 Å². The van der Waals surface area contributed by atoms with Gasteiger partial charge in [-0.1, -0.05) is 35.3 Å². The van der Waals surface area contributed by atoms with Crippen molar-refractivity contribution in [1.82, 2.24) is 16.0 Å². The minimum absolute atomic E-state index is 0.0306. The Kier molecular flexibility index (Phi) is 7.13. The smallest absolute Gasteiger partial charge is 0.416 e. The Balaban J connectivity index is 1.23. The summed E-state index contributed by atoms with van der Waals surface area (Å²) in [7, 11) is 0. The number of benzene rings is 3. The van der Waals surface area contributed by atoms with Gasteiger partial charge < -0.3 is 20.1 Å². The van der Waals surface area contributed by atoms with E-state index in [-0.39, 0.29) is 18.9 Å². The Morgan fingerprint density at radius 3 is 2.16 bits per heavy atom. The van der Waals surface area contributed by atoms with E-state index in [0.29, 0.717) is 32.7 Å². The monoisotopic (exact) mass is 565 g/mol. The first-order valence-corrected chi connectivity index (χ1v) is 12.2. The molecule has 2 aliphatic rings. The number of carbonyl (C=O) groups excluding carboxylic acids is 2. The van der Waals surface area contributed by atoms with Crippen LogP contribution < -0.4 is 25.4 Å². The summed E-state index contributed by atoms with van der Waals surface area (Å²) in [6.45, 7) is -0.0173. The van der Waals surface area contributed by atoms with Crippen molar-refractivity contribution in [2.75, 3.05) is 13.2 Å². The van der Waals surface area contributed by atoms with Gasteiger partial charge in [-0.15, -0.1) is 0 Å². The second kappa shape index (κ2) is 10.4. The third kappa shape index (κ3) is 5.52. The van der Waals surface area contributed by atoms with E-state index >= 15 is 0 Å². The van der Waals surface area contributed by atoms with Crippen LogP contribution in [0.4, 0.5) is 13.2 Å². The van der Waals surface area contributed by atoms with Gasteiger partial charge in [0.2, 0.25) is 11.8 Å². The van der Waals surface area contributed by atoms with E-state index in [1.54, 1.807) is 36.4 Å². The van der Waals surface area contributed by atoms with Crippen LogP contribution in [0.25, 0.3) is 0 Å². The predicted molar refractivity (Wildman–Crippen MR) is 133 cm³/mol. The maximum atomic E-state index is 13.2. The van der Waals surface area contributed by atoms with Crippen LogP contribution in [0.15, 0.2) is 60.7 Å². The van der Waals surface area contributed by atoms with Gasteiger partial charge in [-0.25, -0.2) is 0 Å². The molecule has 2 aliphatic heterocycles. The van der Waals surface area contributed by atoms with E-state index in [0.717, 1.165) is 12.1 Å². The molecule has 3 aromatic carbocycles. The number of nitrogens with one attached hydrogen (secondary N) is 3. The summed E-state index contributed by atoms with van der Waals surface area (Å²) in [5, 5.41) is 9.54. The highest BCUT2D eigenvalue weighted by atomic mass is 35.5. The largest absolute Gasteiger partial charge is 0.490 e. The van der Waals surface area contributed by atoms with Crippen molar-refractivity contribution in [2.45, 2.75) is 18.4 Å². The summed E-state index contributed by atoms with van der Waals surface area (Å²) in [6.07, 6.45) is -5.08. The van der Waals surface area contributed by atoms with Gasteiger partial charge >= 0.3 is 6.18 Å². The number of carbonyl (C=O) groups is 2. The molecule has 0 aromatic heterocycles. The first-order chi connectivity index (χ1) is 18.1. The Labute approximate surface area is 225 Å². The molecule has 0 spiro atoms. The van der Waals surface area contributed by atoms with E-state index in [1.165, 1.54) is 12.1 Å². The fraction of sp³-hybridized carbons (Fsp3) is 0.231. The topological polar surface area (TPSA) is 88.7 Å². The third-order valence-electron chi connectivity index (χ3n) is 6.20. The number of rotatable bonds is 5. The number of hydrogen-bond donors (Lipinski definition) is 3. The first kappa shape index (κ1) is 26.1. The lowest BCUT2D eigenvalue weighted by atomic mass is 9.93. The van der Waals surface area contributed by atoms with E-state index < -0.39 is 41.7 Å². The van der Waals surface area contributed by atoms with E-state index in [2.05, 4.69) is 16.0 Å². The third-order valence-corrected chi connectivity index (χ3v) is 6.67. The van der Waals surface area contributed by atoms with Gasteiger partial charge in [-0.3, -0.25) is 14.9 Å².